The van der Waals surface area contributed by atoms with Crippen molar-refractivity contribution in [2.45, 2.75) is 26.2 Å². The summed E-state index contributed by atoms with van der Waals surface area (Å²) in [7, 11) is 1.77. The number of aliphatic carboxylic acids is 1. The molecular weight excluding hydrogens is 268 g/mol. The van der Waals surface area contributed by atoms with Crippen molar-refractivity contribution in [2.24, 2.45) is 5.92 Å². The lowest BCUT2D eigenvalue weighted by Gasteiger charge is -2.35. The monoisotopic (exact) mass is 290 g/mol. The van der Waals surface area contributed by atoms with Gasteiger partial charge in [0.05, 0.1) is 5.92 Å². The number of carboxylic acids is 1. The molecule has 21 heavy (non-hydrogen) atoms. The Kier molecular flexibility index (Phi) is 4.83. The van der Waals surface area contributed by atoms with Gasteiger partial charge < -0.3 is 10.0 Å². The topological polar surface area (TPSA) is 60.9 Å². The van der Waals surface area contributed by atoms with Gasteiger partial charge in [-0.3, -0.25) is 9.69 Å². The van der Waals surface area contributed by atoms with Crippen molar-refractivity contribution in [3.63, 3.8) is 0 Å². The minimum absolute atomic E-state index is 0.123. The standard InChI is InChI=1S/C16H22N2O3/c1-3-4-9-17(2)16(21)18-11-13(15(19)20)10-12-7-5-6-8-14(12)18/h5-8,13H,3-4,9-11H2,1-2H3,(H,19,20). The molecule has 0 saturated heterocycles. The highest BCUT2D eigenvalue weighted by Gasteiger charge is 2.33. The smallest absolute Gasteiger partial charge is 0.324 e. The Bertz CT molecular complexity index is 530. The quantitative estimate of drug-likeness (QED) is 0.927. The number of hydrogen-bond acceptors (Lipinski definition) is 2. The Hall–Kier alpha value is -2.04. The molecule has 1 aliphatic rings. The number of rotatable bonds is 4. The molecule has 0 spiro atoms. The van der Waals surface area contributed by atoms with Gasteiger partial charge in [0, 0.05) is 25.8 Å². The van der Waals surface area contributed by atoms with Crippen LogP contribution in [0.3, 0.4) is 0 Å². The lowest BCUT2D eigenvalue weighted by atomic mass is 9.93. The molecule has 0 saturated carbocycles. The van der Waals surface area contributed by atoms with E-state index in [1.807, 2.05) is 24.3 Å². The normalized spacial score (nSPS) is 17.2. The minimum atomic E-state index is -0.849. The van der Waals surface area contributed by atoms with Gasteiger partial charge in [-0.25, -0.2) is 4.79 Å². The van der Waals surface area contributed by atoms with Crippen LogP contribution in [0.2, 0.25) is 0 Å². The van der Waals surface area contributed by atoms with Crippen molar-refractivity contribution >= 4 is 17.7 Å². The number of hydrogen-bond donors (Lipinski definition) is 1. The van der Waals surface area contributed by atoms with E-state index in [1.54, 1.807) is 16.8 Å². The highest BCUT2D eigenvalue weighted by atomic mass is 16.4. The molecule has 5 heteroatoms. The van der Waals surface area contributed by atoms with Crippen molar-refractivity contribution in [1.29, 1.82) is 0 Å². The third-order valence-corrected chi connectivity index (χ3v) is 3.91. The van der Waals surface area contributed by atoms with Gasteiger partial charge in [0.15, 0.2) is 0 Å². The summed E-state index contributed by atoms with van der Waals surface area (Å²) in [4.78, 5) is 27.2. The molecule has 1 aromatic carbocycles. The maximum Gasteiger partial charge on any atom is 0.324 e. The molecule has 1 unspecified atom stereocenters. The van der Waals surface area contributed by atoms with E-state index in [4.69, 9.17) is 0 Å². The number of carbonyl (C=O) groups excluding carboxylic acids is 1. The van der Waals surface area contributed by atoms with Gasteiger partial charge in [0.2, 0.25) is 0 Å². The predicted molar refractivity (Wildman–Crippen MR) is 81.6 cm³/mol. The maximum absolute atomic E-state index is 12.6. The Labute approximate surface area is 125 Å². The first-order valence-electron chi connectivity index (χ1n) is 7.38. The second kappa shape index (κ2) is 6.61. The Balaban J connectivity index is 2.24. The summed E-state index contributed by atoms with van der Waals surface area (Å²) in [5, 5.41) is 9.29. The molecular formula is C16H22N2O3. The van der Waals surface area contributed by atoms with E-state index < -0.39 is 11.9 Å². The molecule has 1 N–H and O–H groups in total. The van der Waals surface area contributed by atoms with Gasteiger partial charge in [0.25, 0.3) is 0 Å². The van der Waals surface area contributed by atoms with Crippen LogP contribution in [0.15, 0.2) is 24.3 Å². The van der Waals surface area contributed by atoms with Crippen LogP contribution in [0.5, 0.6) is 0 Å². The molecule has 1 atom stereocenters. The van der Waals surface area contributed by atoms with Crippen LogP contribution < -0.4 is 4.90 Å². The lowest BCUT2D eigenvalue weighted by Crippen LogP contribution is -2.48. The van der Waals surface area contributed by atoms with Crippen molar-refractivity contribution in [1.82, 2.24) is 4.90 Å². The van der Waals surface area contributed by atoms with Crippen molar-refractivity contribution in [3.8, 4) is 0 Å². The Morgan fingerprint density at radius 2 is 2.10 bits per heavy atom. The largest absolute Gasteiger partial charge is 0.481 e. The summed E-state index contributed by atoms with van der Waals surface area (Å²) in [6.07, 6.45) is 2.44. The highest BCUT2D eigenvalue weighted by molar-refractivity contribution is 5.94. The zero-order valence-electron chi connectivity index (χ0n) is 12.6. The molecule has 1 heterocycles. The summed E-state index contributed by atoms with van der Waals surface area (Å²) in [5.41, 5.74) is 1.76. The summed E-state index contributed by atoms with van der Waals surface area (Å²) < 4.78 is 0. The van der Waals surface area contributed by atoms with E-state index in [1.165, 1.54) is 0 Å². The first-order chi connectivity index (χ1) is 10.0. The number of fused-ring (bicyclic) bond motifs is 1. The first kappa shape index (κ1) is 15.4. The molecule has 2 amide bonds. The molecule has 114 valence electrons. The minimum Gasteiger partial charge on any atom is -0.481 e. The van der Waals surface area contributed by atoms with E-state index in [0.29, 0.717) is 13.0 Å². The number of amides is 2. The van der Waals surface area contributed by atoms with Crippen LogP contribution in [-0.2, 0) is 11.2 Å². The number of carboxylic acid groups (broad SMARTS) is 1. The van der Waals surface area contributed by atoms with Crippen molar-refractivity contribution < 1.29 is 14.7 Å². The van der Waals surface area contributed by atoms with Gasteiger partial charge in [-0.15, -0.1) is 0 Å². The number of benzene rings is 1. The highest BCUT2D eigenvalue weighted by Crippen LogP contribution is 2.30. The summed E-state index contributed by atoms with van der Waals surface area (Å²) in [6, 6.07) is 7.43. The summed E-state index contributed by atoms with van der Waals surface area (Å²) >= 11 is 0. The van der Waals surface area contributed by atoms with Crippen LogP contribution in [-0.4, -0.2) is 42.1 Å². The number of anilines is 1. The third-order valence-electron chi connectivity index (χ3n) is 3.91. The second-order valence-electron chi connectivity index (χ2n) is 5.54. The molecule has 0 radical (unpaired) electrons. The van der Waals surface area contributed by atoms with E-state index >= 15 is 0 Å². The van der Waals surface area contributed by atoms with Crippen LogP contribution in [0, 0.1) is 5.92 Å². The molecule has 5 nitrogen and oxygen atoms in total. The third kappa shape index (κ3) is 3.35. The average molecular weight is 290 g/mol. The Morgan fingerprint density at radius 3 is 2.76 bits per heavy atom. The summed E-state index contributed by atoms with van der Waals surface area (Å²) in [6.45, 7) is 3.00. The average Bonchev–Trinajstić information content (AvgIpc) is 2.50. The van der Waals surface area contributed by atoms with E-state index in [2.05, 4.69) is 6.92 Å². The molecule has 0 fully saturated rings. The second-order valence-corrected chi connectivity index (χ2v) is 5.54. The number of unbranched alkanes of at least 4 members (excludes halogenated alkanes) is 1. The van der Waals surface area contributed by atoms with Gasteiger partial charge in [0.1, 0.15) is 0 Å². The number of para-hydroxylation sites is 1. The molecule has 0 aliphatic carbocycles. The van der Waals surface area contributed by atoms with Gasteiger partial charge >= 0.3 is 12.0 Å². The number of urea groups is 1. The fourth-order valence-corrected chi connectivity index (χ4v) is 2.64. The van der Waals surface area contributed by atoms with E-state index in [0.717, 1.165) is 24.1 Å². The van der Waals surface area contributed by atoms with Crippen molar-refractivity contribution in [2.75, 3.05) is 25.0 Å². The predicted octanol–water partition coefficient (Wildman–Crippen LogP) is 2.60. The van der Waals surface area contributed by atoms with Crippen molar-refractivity contribution in [3.05, 3.63) is 29.8 Å². The van der Waals surface area contributed by atoms with Crippen LogP contribution >= 0.6 is 0 Å². The summed E-state index contributed by atoms with van der Waals surface area (Å²) in [5.74, 6) is -1.39. The zero-order valence-corrected chi connectivity index (χ0v) is 12.6. The SMILES string of the molecule is CCCCN(C)C(=O)N1CC(C(=O)O)Cc2ccccc21. The molecule has 0 aromatic heterocycles. The fraction of sp³-hybridized carbons (Fsp3) is 0.500. The van der Waals surface area contributed by atoms with Crippen LogP contribution in [0.4, 0.5) is 10.5 Å². The molecule has 1 aromatic rings. The molecule has 2 rings (SSSR count). The zero-order chi connectivity index (χ0) is 15.4. The number of carbonyl (C=O) groups is 2. The van der Waals surface area contributed by atoms with Gasteiger partial charge in [-0.1, -0.05) is 31.5 Å². The molecule has 0 bridgehead atoms. The number of nitrogens with zero attached hydrogens (tertiary/aromatic N) is 2. The van der Waals surface area contributed by atoms with Crippen LogP contribution in [0.25, 0.3) is 0 Å². The lowest BCUT2D eigenvalue weighted by molar-refractivity contribution is -0.141. The fourth-order valence-electron chi connectivity index (χ4n) is 2.64. The molecule has 1 aliphatic heterocycles. The maximum atomic E-state index is 12.6. The first-order valence-corrected chi connectivity index (χ1v) is 7.38. The Morgan fingerprint density at radius 1 is 1.38 bits per heavy atom. The van der Waals surface area contributed by atoms with E-state index in [-0.39, 0.29) is 12.6 Å². The van der Waals surface area contributed by atoms with Gasteiger partial charge in [-0.05, 0) is 24.5 Å². The van der Waals surface area contributed by atoms with Gasteiger partial charge in [-0.2, -0.15) is 0 Å². The van der Waals surface area contributed by atoms with Crippen LogP contribution in [0.1, 0.15) is 25.3 Å². The van der Waals surface area contributed by atoms with E-state index in [9.17, 15) is 14.7 Å².